The van der Waals surface area contributed by atoms with Gasteiger partial charge in [-0.1, -0.05) is 60.1 Å². The number of thioether (sulfide) groups is 1. The molecule has 0 unspecified atom stereocenters. The van der Waals surface area contributed by atoms with Crippen LogP contribution in [0.5, 0.6) is 0 Å². The lowest BCUT2D eigenvalue weighted by atomic mass is 9.93. The van der Waals surface area contributed by atoms with Crippen LogP contribution in [-0.2, 0) is 5.75 Å². The molecule has 4 rings (SSSR count). The molecule has 4 heteroatoms. The van der Waals surface area contributed by atoms with Crippen molar-refractivity contribution < 1.29 is 4.79 Å². The topological polar surface area (TPSA) is 20.3 Å². The highest BCUT2D eigenvalue weighted by molar-refractivity contribution is 7.98. The molecule has 0 N–H and O–H groups in total. The highest BCUT2D eigenvalue weighted by atomic mass is 35.5. The third-order valence-corrected chi connectivity index (χ3v) is 6.68. The Kier molecular flexibility index (Phi) is 6.73. The van der Waals surface area contributed by atoms with E-state index in [9.17, 15) is 4.79 Å². The van der Waals surface area contributed by atoms with Crippen molar-refractivity contribution in [3.05, 3.63) is 106 Å². The lowest BCUT2D eigenvalue weighted by Gasteiger charge is -2.16. The van der Waals surface area contributed by atoms with Gasteiger partial charge in [-0.3, -0.25) is 9.69 Å². The number of rotatable bonds is 6. The summed E-state index contributed by atoms with van der Waals surface area (Å²) in [6, 6.07) is 24.4. The van der Waals surface area contributed by atoms with E-state index < -0.39 is 0 Å². The molecule has 1 heterocycles. The molecule has 3 aromatic carbocycles. The number of carbonyl (C=O) groups excluding carboxylic acids is 1. The summed E-state index contributed by atoms with van der Waals surface area (Å²) in [5.74, 6) is 1.10. The van der Waals surface area contributed by atoms with Crippen LogP contribution in [0, 0.1) is 0 Å². The maximum atomic E-state index is 12.5. The molecule has 0 radical (unpaired) electrons. The second-order valence-electron chi connectivity index (χ2n) is 7.52. The quantitative estimate of drug-likeness (QED) is 0.409. The Labute approximate surface area is 187 Å². The summed E-state index contributed by atoms with van der Waals surface area (Å²) in [6.45, 7) is 1.22. The zero-order valence-electron chi connectivity index (χ0n) is 17.0. The minimum Gasteiger partial charge on any atom is -0.299 e. The zero-order valence-corrected chi connectivity index (χ0v) is 18.5. The molecular weight excluding hydrogens is 410 g/mol. The highest BCUT2D eigenvalue weighted by Gasteiger charge is 2.17. The van der Waals surface area contributed by atoms with Gasteiger partial charge in [0.25, 0.3) is 0 Å². The van der Waals surface area contributed by atoms with Gasteiger partial charge in [0.1, 0.15) is 0 Å². The summed E-state index contributed by atoms with van der Waals surface area (Å²) in [5, 5.41) is 0.647. The third kappa shape index (κ3) is 4.86. The fourth-order valence-corrected chi connectivity index (χ4v) is 4.92. The maximum Gasteiger partial charge on any atom is 0.176 e. The van der Waals surface area contributed by atoms with Crippen LogP contribution in [0.2, 0.25) is 5.02 Å². The lowest BCUT2D eigenvalue weighted by Crippen LogP contribution is -2.26. The Bertz CT molecular complexity index is 1020. The number of carbonyl (C=O) groups is 1. The molecule has 0 fully saturated rings. The van der Waals surface area contributed by atoms with Crippen LogP contribution < -0.4 is 0 Å². The van der Waals surface area contributed by atoms with Crippen LogP contribution in [0.1, 0.15) is 33.5 Å². The van der Waals surface area contributed by atoms with E-state index in [4.69, 9.17) is 11.6 Å². The van der Waals surface area contributed by atoms with Crippen molar-refractivity contribution in [1.82, 2.24) is 4.90 Å². The van der Waals surface area contributed by atoms with Crippen LogP contribution in [0.4, 0.5) is 0 Å². The molecule has 3 aromatic rings. The summed E-state index contributed by atoms with van der Waals surface area (Å²) in [7, 11) is 2.00. The molecule has 0 aliphatic carbocycles. The summed E-state index contributed by atoms with van der Waals surface area (Å²) in [6.07, 6.45) is 3.21. The zero-order chi connectivity index (χ0) is 20.9. The van der Waals surface area contributed by atoms with E-state index in [0.717, 1.165) is 18.7 Å². The number of halogens is 1. The molecule has 0 atom stereocenters. The van der Waals surface area contributed by atoms with Crippen molar-refractivity contribution in [3.8, 4) is 0 Å². The molecule has 0 bridgehead atoms. The van der Waals surface area contributed by atoms with E-state index in [0.29, 0.717) is 17.1 Å². The van der Waals surface area contributed by atoms with Crippen molar-refractivity contribution in [2.45, 2.75) is 17.1 Å². The summed E-state index contributed by atoms with van der Waals surface area (Å²) in [4.78, 5) is 15.9. The van der Waals surface area contributed by atoms with Crippen molar-refractivity contribution in [1.29, 1.82) is 0 Å². The average Bonchev–Trinajstić information content (AvgIpc) is 2.91. The Morgan fingerprint density at radius 1 is 1.00 bits per heavy atom. The molecule has 0 spiro atoms. The van der Waals surface area contributed by atoms with Gasteiger partial charge in [-0.05, 0) is 66.1 Å². The van der Waals surface area contributed by atoms with Gasteiger partial charge in [-0.15, -0.1) is 11.8 Å². The van der Waals surface area contributed by atoms with Gasteiger partial charge in [0, 0.05) is 27.8 Å². The number of benzene rings is 3. The van der Waals surface area contributed by atoms with Gasteiger partial charge >= 0.3 is 0 Å². The lowest BCUT2D eigenvalue weighted by molar-refractivity contribution is 0.0947. The number of hydrogen-bond acceptors (Lipinski definition) is 3. The number of Topliss-reactive ketones (excluding diaryl/α,β-unsaturated/α-hetero) is 1. The van der Waals surface area contributed by atoms with E-state index in [-0.39, 0.29) is 5.78 Å². The van der Waals surface area contributed by atoms with E-state index in [1.54, 1.807) is 24.3 Å². The Morgan fingerprint density at radius 2 is 1.70 bits per heavy atom. The number of nitrogens with zero attached hydrogens (tertiary/aromatic N) is 1. The van der Waals surface area contributed by atoms with E-state index in [2.05, 4.69) is 59.5 Å². The fourth-order valence-electron chi connectivity index (χ4n) is 3.72. The first-order chi connectivity index (χ1) is 14.6. The summed E-state index contributed by atoms with van der Waals surface area (Å²) < 4.78 is 0. The molecule has 0 aromatic heterocycles. The largest absolute Gasteiger partial charge is 0.299 e. The minimum absolute atomic E-state index is 0.114. The first kappa shape index (κ1) is 20.9. The monoisotopic (exact) mass is 433 g/mol. The first-order valence-electron chi connectivity index (χ1n) is 10.1. The molecule has 0 saturated heterocycles. The molecule has 1 aliphatic rings. The standard InChI is InChI=1S/C26H24ClNOS/c1-28(17-25(29)19-12-14-21(27)15-13-19)16-6-10-23-22-8-3-2-7-20(22)18-30-26-11-5-4-9-24(23)26/h2-5,7-15H,6,16-18H2,1H3/b23-10+. The van der Waals surface area contributed by atoms with Gasteiger partial charge in [0.15, 0.2) is 5.78 Å². The third-order valence-electron chi connectivity index (χ3n) is 5.31. The molecule has 152 valence electrons. The Balaban J connectivity index is 1.48. The number of hydrogen-bond donors (Lipinski definition) is 0. The van der Waals surface area contributed by atoms with E-state index >= 15 is 0 Å². The minimum atomic E-state index is 0.114. The first-order valence-corrected chi connectivity index (χ1v) is 11.5. The Morgan fingerprint density at radius 3 is 2.50 bits per heavy atom. The van der Waals surface area contributed by atoms with Crippen LogP contribution in [-0.4, -0.2) is 30.8 Å². The van der Waals surface area contributed by atoms with Crippen molar-refractivity contribution in [2.75, 3.05) is 20.1 Å². The average molecular weight is 434 g/mol. The van der Waals surface area contributed by atoms with Gasteiger partial charge in [0.05, 0.1) is 6.54 Å². The van der Waals surface area contributed by atoms with Crippen molar-refractivity contribution >= 4 is 34.7 Å². The van der Waals surface area contributed by atoms with Gasteiger partial charge in [0.2, 0.25) is 0 Å². The molecule has 30 heavy (non-hydrogen) atoms. The number of likely N-dealkylation sites (N-methyl/N-ethyl adjacent to an activating group) is 1. The predicted molar refractivity (Wildman–Crippen MR) is 127 cm³/mol. The number of fused-ring (bicyclic) bond motifs is 2. The highest BCUT2D eigenvalue weighted by Crippen LogP contribution is 2.40. The second kappa shape index (κ2) is 9.65. The van der Waals surface area contributed by atoms with Crippen LogP contribution in [0.3, 0.4) is 0 Å². The maximum absolute atomic E-state index is 12.5. The van der Waals surface area contributed by atoms with E-state index in [1.165, 1.54) is 27.2 Å². The molecule has 1 aliphatic heterocycles. The summed E-state index contributed by atoms with van der Waals surface area (Å²) >= 11 is 7.82. The SMILES string of the molecule is CN(CC/C=C1\c2ccccc2CSc2ccccc21)CC(=O)c1ccc(Cl)cc1. The second-order valence-corrected chi connectivity index (χ2v) is 8.97. The molecule has 0 saturated carbocycles. The Hall–Kier alpha value is -2.33. The van der Waals surface area contributed by atoms with E-state index in [1.807, 2.05) is 18.8 Å². The predicted octanol–water partition coefficient (Wildman–Crippen LogP) is 6.58. The van der Waals surface area contributed by atoms with Crippen molar-refractivity contribution in [2.24, 2.45) is 0 Å². The molecular formula is C26H24ClNOS. The van der Waals surface area contributed by atoms with Crippen LogP contribution in [0.15, 0.2) is 83.8 Å². The molecule has 2 nitrogen and oxygen atoms in total. The summed E-state index contributed by atoms with van der Waals surface area (Å²) in [5.41, 5.74) is 5.98. The fraction of sp³-hybridized carbons (Fsp3) is 0.192. The normalized spacial score (nSPS) is 14.3. The van der Waals surface area contributed by atoms with Crippen LogP contribution in [0.25, 0.3) is 5.57 Å². The molecule has 0 amide bonds. The van der Waals surface area contributed by atoms with Gasteiger partial charge < -0.3 is 0 Å². The smallest absolute Gasteiger partial charge is 0.176 e. The van der Waals surface area contributed by atoms with Crippen LogP contribution >= 0.6 is 23.4 Å². The van der Waals surface area contributed by atoms with Gasteiger partial charge in [-0.25, -0.2) is 0 Å². The van der Waals surface area contributed by atoms with Crippen molar-refractivity contribution in [3.63, 3.8) is 0 Å². The number of ketones is 1. The van der Waals surface area contributed by atoms with Gasteiger partial charge in [-0.2, -0.15) is 0 Å².